The van der Waals surface area contributed by atoms with Gasteiger partial charge in [0.2, 0.25) is 15.9 Å². The molecule has 2 fully saturated rings. The minimum absolute atomic E-state index is 0.0512. The van der Waals surface area contributed by atoms with Crippen LogP contribution in [-0.4, -0.2) is 49.2 Å². The molecule has 0 aromatic heterocycles. The summed E-state index contributed by atoms with van der Waals surface area (Å²) < 4.78 is 24.1. The maximum absolute atomic E-state index is 11.7. The van der Waals surface area contributed by atoms with Crippen molar-refractivity contribution in [3.63, 3.8) is 0 Å². The maximum atomic E-state index is 11.7. The zero-order chi connectivity index (χ0) is 12.1. The number of nitrogens with zero attached hydrogens (tertiary/aromatic N) is 2. The fourth-order valence-electron chi connectivity index (χ4n) is 2.08. The largest absolute Gasteiger partial charge is 0.335 e. The number of likely N-dealkylation sites (tertiary alicyclic amines) is 1. The zero-order valence-corrected chi connectivity index (χ0v) is 10.3. The molecule has 2 rings (SSSR count). The van der Waals surface area contributed by atoms with Crippen LogP contribution in [0.4, 0.5) is 0 Å². The van der Waals surface area contributed by atoms with Crippen LogP contribution in [0.15, 0.2) is 12.0 Å². The van der Waals surface area contributed by atoms with E-state index < -0.39 is 10.0 Å². The molecule has 0 N–H and O–H groups in total. The second kappa shape index (κ2) is 3.30. The summed E-state index contributed by atoms with van der Waals surface area (Å²) in [4.78, 5) is 13.4. The van der Waals surface area contributed by atoms with Crippen LogP contribution in [0.2, 0.25) is 0 Å². The molecule has 16 heavy (non-hydrogen) atoms. The molecule has 0 radical (unpaired) electrons. The van der Waals surface area contributed by atoms with Crippen LogP contribution in [-0.2, 0) is 14.8 Å². The lowest BCUT2D eigenvalue weighted by atomic mass is 9.81. The predicted octanol–water partition coefficient (Wildman–Crippen LogP) is 0.0123. The average molecular weight is 244 g/mol. The first-order valence-corrected chi connectivity index (χ1v) is 6.72. The molecule has 6 heteroatoms. The Kier molecular flexibility index (Phi) is 2.40. The summed E-state index contributed by atoms with van der Waals surface area (Å²) in [5, 5.41) is 0.949. The van der Waals surface area contributed by atoms with Crippen LogP contribution in [0.25, 0.3) is 0 Å². The molecule has 5 nitrogen and oxygen atoms in total. The van der Waals surface area contributed by atoms with E-state index in [0.717, 1.165) is 12.0 Å². The van der Waals surface area contributed by atoms with Gasteiger partial charge in [-0.25, -0.2) is 8.42 Å². The SMILES string of the molecule is C=CS(=O)(=O)N1CC(N2CC(C)(C)C2=O)C1. The summed E-state index contributed by atoms with van der Waals surface area (Å²) in [6, 6.07) is 0.0512. The Labute approximate surface area is 95.8 Å². The Bertz CT molecular complexity index is 435. The molecule has 0 unspecified atom stereocenters. The second-order valence-electron chi connectivity index (χ2n) is 5.00. The highest BCUT2D eigenvalue weighted by molar-refractivity contribution is 7.92. The van der Waals surface area contributed by atoms with E-state index in [9.17, 15) is 13.2 Å². The van der Waals surface area contributed by atoms with E-state index >= 15 is 0 Å². The number of rotatable bonds is 3. The van der Waals surface area contributed by atoms with Crippen molar-refractivity contribution in [1.82, 2.24) is 9.21 Å². The summed E-state index contributed by atoms with van der Waals surface area (Å²) in [6.07, 6.45) is 0. The summed E-state index contributed by atoms with van der Waals surface area (Å²) in [5.41, 5.74) is -0.266. The molecule has 2 aliphatic rings. The Morgan fingerprint density at radius 1 is 1.44 bits per heavy atom. The van der Waals surface area contributed by atoms with Gasteiger partial charge in [-0.15, -0.1) is 0 Å². The van der Waals surface area contributed by atoms with Gasteiger partial charge in [-0.2, -0.15) is 4.31 Å². The smallest absolute Gasteiger partial charge is 0.235 e. The molecule has 90 valence electrons. The van der Waals surface area contributed by atoms with E-state index in [1.807, 2.05) is 13.8 Å². The molecular formula is C10H16N2O3S. The van der Waals surface area contributed by atoms with E-state index in [1.54, 1.807) is 4.90 Å². The molecular weight excluding hydrogens is 228 g/mol. The third-order valence-corrected chi connectivity index (χ3v) is 4.68. The monoisotopic (exact) mass is 244 g/mol. The van der Waals surface area contributed by atoms with E-state index in [0.29, 0.717) is 13.1 Å². The molecule has 1 amide bonds. The fourth-order valence-corrected chi connectivity index (χ4v) is 3.06. The molecule has 2 aliphatic heterocycles. The van der Waals surface area contributed by atoms with Crippen molar-refractivity contribution < 1.29 is 13.2 Å². The molecule has 2 saturated heterocycles. The number of sulfonamides is 1. The fraction of sp³-hybridized carbons (Fsp3) is 0.700. The van der Waals surface area contributed by atoms with Gasteiger partial charge in [-0.1, -0.05) is 6.58 Å². The third kappa shape index (κ3) is 1.56. The van der Waals surface area contributed by atoms with Gasteiger partial charge in [-0.3, -0.25) is 4.79 Å². The van der Waals surface area contributed by atoms with Gasteiger partial charge in [-0.05, 0) is 13.8 Å². The van der Waals surface area contributed by atoms with Crippen molar-refractivity contribution in [3.8, 4) is 0 Å². The first kappa shape index (κ1) is 11.6. The van der Waals surface area contributed by atoms with E-state index in [4.69, 9.17) is 0 Å². The van der Waals surface area contributed by atoms with Gasteiger partial charge in [0, 0.05) is 25.0 Å². The van der Waals surface area contributed by atoms with E-state index in [1.165, 1.54) is 4.31 Å². The lowest BCUT2D eigenvalue weighted by Gasteiger charge is -2.53. The van der Waals surface area contributed by atoms with Crippen molar-refractivity contribution in [2.45, 2.75) is 19.9 Å². The van der Waals surface area contributed by atoms with Crippen molar-refractivity contribution in [2.24, 2.45) is 5.41 Å². The standard InChI is InChI=1S/C10H16N2O3S/c1-4-16(14,15)11-5-8(6-11)12-7-10(2,3)9(12)13/h4,8H,1,5-7H2,2-3H3. The number of hydrogen-bond donors (Lipinski definition) is 0. The van der Waals surface area contributed by atoms with E-state index in [-0.39, 0.29) is 17.4 Å². The molecule has 0 aromatic rings. The minimum Gasteiger partial charge on any atom is -0.335 e. The molecule has 0 aliphatic carbocycles. The van der Waals surface area contributed by atoms with Gasteiger partial charge in [0.25, 0.3) is 0 Å². The quantitative estimate of drug-likeness (QED) is 0.657. The van der Waals surface area contributed by atoms with Crippen LogP contribution in [0.1, 0.15) is 13.8 Å². The first-order chi connectivity index (χ1) is 7.28. The highest BCUT2D eigenvalue weighted by atomic mass is 32.2. The summed E-state index contributed by atoms with van der Waals surface area (Å²) in [6.45, 7) is 8.60. The van der Waals surface area contributed by atoms with Crippen molar-refractivity contribution in [2.75, 3.05) is 19.6 Å². The summed E-state index contributed by atoms with van der Waals surface area (Å²) >= 11 is 0. The molecule has 0 atom stereocenters. The highest BCUT2D eigenvalue weighted by Gasteiger charge is 2.51. The van der Waals surface area contributed by atoms with Crippen LogP contribution >= 0.6 is 0 Å². The van der Waals surface area contributed by atoms with Gasteiger partial charge in [0.15, 0.2) is 0 Å². The molecule has 0 aromatic carbocycles. The van der Waals surface area contributed by atoms with Crippen LogP contribution in [0.3, 0.4) is 0 Å². The first-order valence-electron chi connectivity index (χ1n) is 5.21. The van der Waals surface area contributed by atoms with Gasteiger partial charge in [0.05, 0.1) is 11.5 Å². The van der Waals surface area contributed by atoms with Gasteiger partial charge >= 0.3 is 0 Å². The topological polar surface area (TPSA) is 57.7 Å². The molecule has 0 saturated carbocycles. The van der Waals surface area contributed by atoms with Crippen molar-refractivity contribution >= 4 is 15.9 Å². The summed E-state index contributed by atoms with van der Waals surface area (Å²) in [7, 11) is -3.30. The molecule has 0 spiro atoms. The van der Waals surface area contributed by atoms with E-state index in [2.05, 4.69) is 6.58 Å². The van der Waals surface area contributed by atoms with Crippen LogP contribution in [0, 0.1) is 5.41 Å². The minimum atomic E-state index is -3.30. The predicted molar refractivity (Wildman–Crippen MR) is 60.0 cm³/mol. The third-order valence-electron chi connectivity index (χ3n) is 3.25. The Morgan fingerprint density at radius 3 is 2.38 bits per heavy atom. The molecule has 2 heterocycles. The molecule has 0 bridgehead atoms. The number of amides is 1. The van der Waals surface area contributed by atoms with Gasteiger partial charge in [0.1, 0.15) is 0 Å². The maximum Gasteiger partial charge on any atom is 0.235 e. The average Bonchev–Trinajstić information content (AvgIpc) is 2.13. The van der Waals surface area contributed by atoms with Gasteiger partial charge < -0.3 is 4.90 Å². The lowest BCUT2D eigenvalue weighted by Crippen LogP contribution is -2.70. The summed E-state index contributed by atoms with van der Waals surface area (Å²) in [5.74, 6) is 0.119. The van der Waals surface area contributed by atoms with Crippen LogP contribution in [0.5, 0.6) is 0 Å². The van der Waals surface area contributed by atoms with Crippen LogP contribution < -0.4 is 0 Å². The second-order valence-corrected chi connectivity index (χ2v) is 6.88. The normalized spacial score (nSPS) is 26.1. The Hall–Kier alpha value is -0.880. The van der Waals surface area contributed by atoms with Crippen molar-refractivity contribution in [3.05, 3.63) is 12.0 Å². The highest BCUT2D eigenvalue weighted by Crippen LogP contribution is 2.35. The Balaban J connectivity index is 1.92. The number of hydrogen-bond acceptors (Lipinski definition) is 3. The zero-order valence-electron chi connectivity index (χ0n) is 9.51. The number of carbonyl (C=O) groups excluding carboxylic acids is 1. The lowest BCUT2D eigenvalue weighted by molar-refractivity contribution is -0.164. The Morgan fingerprint density at radius 2 is 2.00 bits per heavy atom. The number of β-lactam (4-membered cyclic amide) rings is 1. The van der Waals surface area contributed by atoms with Crippen molar-refractivity contribution in [1.29, 1.82) is 0 Å². The number of carbonyl (C=O) groups is 1.